The van der Waals surface area contributed by atoms with Crippen molar-refractivity contribution in [3.05, 3.63) is 24.3 Å². The van der Waals surface area contributed by atoms with Crippen LogP contribution in [0, 0.1) is 0 Å². The van der Waals surface area contributed by atoms with Gasteiger partial charge in [0.2, 0.25) is 6.10 Å². The van der Waals surface area contributed by atoms with Crippen LogP contribution in [0.25, 0.3) is 0 Å². The molecule has 1 saturated heterocycles. The summed E-state index contributed by atoms with van der Waals surface area (Å²) in [5, 5.41) is 0. The van der Waals surface area contributed by atoms with Crippen LogP contribution in [0.1, 0.15) is 33.6 Å². The minimum Gasteiger partial charge on any atom is -0.485 e. The Balaban J connectivity index is 1.58. The van der Waals surface area contributed by atoms with Crippen molar-refractivity contribution in [1.29, 1.82) is 0 Å². The van der Waals surface area contributed by atoms with Crippen molar-refractivity contribution in [2.24, 2.45) is 0 Å². The molecule has 2 amide bonds. The molecule has 0 N–H and O–H groups in total. The van der Waals surface area contributed by atoms with E-state index in [1.165, 1.54) is 0 Å². The van der Waals surface area contributed by atoms with E-state index in [1.807, 2.05) is 39.0 Å². The predicted octanol–water partition coefficient (Wildman–Crippen LogP) is 2.68. The van der Waals surface area contributed by atoms with Crippen LogP contribution in [0.4, 0.5) is 4.79 Å². The molecule has 0 aromatic heterocycles. The highest BCUT2D eigenvalue weighted by Gasteiger charge is 2.36. The Labute approximate surface area is 160 Å². The fourth-order valence-corrected chi connectivity index (χ4v) is 3.38. The predicted molar refractivity (Wildman–Crippen MR) is 100.0 cm³/mol. The van der Waals surface area contributed by atoms with Crippen LogP contribution in [0.2, 0.25) is 0 Å². The largest absolute Gasteiger partial charge is 0.485 e. The first kappa shape index (κ1) is 19.3. The molecule has 2 aliphatic heterocycles. The van der Waals surface area contributed by atoms with Gasteiger partial charge in [-0.1, -0.05) is 12.1 Å². The normalized spacial score (nSPS) is 21.7. The highest BCUT2D eigenvalue weighted by atomic mass is 16.6. The van der Waals surface area contributed by atoms with Crippen molar-refractivity contribution in [2.45, 2.75) is 51.4 Å². The van der Waals surface area contributed by atoms with E-state index in [4.69, 9.17) is 14.2 Å². The molecule has 0 radical (unpaired) electrons. The molecule has 0 spiro atoms. The molecule has 0 aliphatic carbocycles. The quantitative estimate of drug-likeness (QED) is 0.811. The Morgan fingerprint density at radius 1 is 1.26 bits per heavy atom. The lowest BCUT2D eigenvalue weighted by Crippen LogP contribution is -2.50. The zero-order valence-electron chi connectivity index (χ0n) is 16.4. The highest BCUT2D eigenvalue weighted by Crippen LogP contribution is 2.31. The first-order valence-electron chi connectivity index (χ1n) is 9.37. The van der Waals surface area contributed by atoms with Crippen molar-refractivity contribution >= 4 is 12.0 Å². The van der Waals surface area contributed by atoms with Gasteiger partial charge in [0.15, 0.2) is 11.5 Å². The second-order valence-electron chi connectivity index (χ2n) is 8.05. The fraction of sp³-hybridized carbons (Fsp3) is 0.600. The summed E-state index contributed by atoms with van der Waals surface area (Å²) in [6.07, 6.45) is 0.752. The second-order valence-corrected chi connectivity index (χ2v) is 8.05. The maximum Gasteiger partial charge on any atom is 0.410 e. The van der Waals surface area contributed by atoms with E-state index >= 15 is 0 Å². The van der Waals surface area contributed by atoms with Gasteiger partial charge in [0.1, 0.15) is 12.2 Å². The molecule has 1 aromatic carbocycles. The topological polar surface area (TPSA) is 68.3 Å². The van der Waals surface area contributed by atoms with E-state index in [1.54, 1.807) is 22.9 Å². The Morgan fingerprint density at radius 2 is 1.96 bits per heavy atom. The molecule has 1 aromatic rings. The Kier molecular flexibility index (Phi) is 5.48. The van der Waals surface area contributed by atoms with Crippen LogP contribution in [0.15, 0.2) is 24.3 Å². The van der Waals surface area contributed by atoms with E-state index in [0.29, 0.717) is 24.6 Å². The van der Waals surface area contributed by atoms with Crippen LogP contribution in [-0.2, 0) is 9.53 Å². The minimum absolute atomic E-state index is 0.0504. The van der Waals surface area contributed by atoms with Gasteiger partial charge in [0.25, 0.3) is 5.91 Å². The summed E-state index contributed by atoms with van der Waals surface area (Å²) >= 11 is 0. The van der Waals surface area contributed by atoms with Crippen molar-refractivity contribution < 1.29 is 23.8 Å². The fourth-order valence-electron chi connectivity index (χ4n) is 3.38. The molecule has 0 bridgehead atoms. The number of likely N-dealkylation sites (N-methyl/N-ethyl adjacent to an activating group) is 1. The van der Waals surface area contributed by atoms with Crippen LogP contribution in [-0.4, -0.2) is 66.3 Å². The number of hydrogen-bond acceptors (Lipinski definition) is 5. The molecule has 7 nitrogen and oxygen atoms in total. The van der Waals surface area contributed by atoms with E-state index in [9.17, 15) is 9.59 Å². The zero-order chi connectivity index (χ0) is 19.6. The average molecular weight is 376 g/mol. The monoisotopic (exact) mass is 376 g/mol. The van der Waals surface area contributed by atoms with Gasteiger partial charge in [-0.05, 0) is 45.7 Å². The summed E-state index contributed by atoms with van der Waals surface area (Å²) in [5.74, 6) is 1.07. The van der Waals surface area contributed by atoms with Crippen LogP contribution >= 0.6 is 0 Å². The number of likely N-dealkylation sites (tertiary alicyclic amines) is 1. The maximum atomic E-state index is 12.8. The number of nitrogens with zero attached hydrogens (tertiary/aromatic N) is 2. The second kappa shape index (κ2) is 7.66. The molecular formula is C20H28N2O5. The number of ether oxygens (including phenoxy) is 3. The van der Waals surface area contributed by atoms with Crippen molar-refractivity contribution in [3.63, 3.8) is 0 Å². The number of rotatable bonds is 3. The number of para-hydroxylation sites is 2. The first-order valence-corrected chi connectivity index (χ1v) is 9.37. The minimum atomic E-state index is -0.679. The summed E-state index contributed by atoms with van der Waals surface area (Å²) in [7, 11) is 1.73. The van der Waals surface area contributed by atoms with Crippen LogP contribution < -0.4 is 9.47 Å². The molecule has 148 valence electrons. The lowest BCUT2D eigenvalue weighted by Gasteiger charge is -2.33. The number of hydrogen-bond donors (Lipinski definition) is 0. The van der Waals surface area contributed by atoms with E-state index in [-0.39, 0.29) is 24.6 Å². The summed E-state index contributed by atoms with van der Waals surface area (Å²) in [6, 6.07) is 7.26. The van der Waals surface area contributed by atoms with Crippen molar-refractivity contribution in [1.82, 2.24) is 9.80 Å². The molecule has 2 atom stereocenters. The molecule has 27 heavy (non-hydrogen) atoms. The SMILES string of the molecule is CN(C[C@H]1CCCN1C(=O)OC(C)(C)C)C(=O)[C@@H]1COc2ccccc2O1. The molecular weight excluding hydrogens is 348 g/mol. The molecule has 2 aliphatic rings. The third-order valence-electron chi connectivity index (χ3n) is 4.65. The van der Waals surface area contributed by atoms with Gasteiger partial charge in [-0.2, -0.15) is 0 Å². The van der Waals surface area contributed by atoms with Gasteiger partial charge in [-0.25, -0.2) is 4.79 Å². The maximum absolute atomic E-state index is 12.8. The first-order chi connectivity index (χ1) is 12.7. The lowest BCUT2D eigenvalue weighted by atomic mass is 10.2. The van der Waals surface area contributed by atoms with Crippen LogP contribution in [0.3, 0.4) is 0 Å². The Morgan fingerprint density at radius 3 is 2.67 bits per heavy atom. The third-order valence-corrected chi connectivity index (χ3v) is 4.65. The van der Waals surface area contributed by atoms with Crippen LogP contribution in [0.5, 0.6) is 11.5 Å². The summed E-state index contributed by atoms with van der Waals surface area (Å²) in [4.78, 5) is 28.5. The van der Waals surface area contributed by atoms with Crippen molar-refractivity contribution in [3.8, 4) is 11.5 Å². The number of amides is 2. The highest BCUT2D eigenvalue weighted by molar-refractivity contribution is 5.81. The Hall–Kier alpha value is -2.44. The van der Waals surface area contributed by atoms with E-state index < -0.39 is 11.7 Å². The summed E-state index contributed by atoms with van der Waals surface area (Å²) < 4.78 is 16.9. The Bertz CT molecular complexity index is 700. The van der Waals surface area contributed by atoms with E-state index in [2.05, 4.69) is 0 Å². The number of benzene rings is 1. The lowest BCUT2D eigenvalue weighted by molar-refractivity contribution is -0.140. The number of fused-ring (bicyclic) bond motifs is 1. The van der Waals surface area contributed by atoms with Gasteiger partial charge in [0.05, 0.1) is 6.04 Å². The van der Waals surface area contributed by atoms with Gasteiger partial charge >= 0.3 is 6.09 Å². The average Bonchev–Trinajstić information content (AvgIpc) is 3.07. The standard InChI is InChI=1S/C20H28N2O5/c1-20(2,3)27-19(24)22-11-7-8-14(22)12-21(4)18(23)17-13-25-15-9-5-6-10-16(15)26-17/h5-6,9-10,14,17H,7-8,11-13H2,1-4H3/t14-,17+/m1/s1. The van der Waals surface area contributed by atoms with Gasteiger partial charge in [-0.15, -0.1) is 0 Å². The molecule has 1 fully saturated rings. The molecule has 3 rings (SSSR count). The zero-order valence-corrected chi connectivity index (χ0v) is 16.4. The summed E-state index contributed by atoms with van der Waals surface area (Å²) in [6.45, 7) is 6.83. The smallest absolute Gasteiger partial charge is 0.410 e. The molecule has 0 unspecified atom stereocenters. The van der Waals surface area contributed by atoms with Crippen molar-refractivity contribution in [2.75, 3.05) is 26.7 Å². The van der Waals surface area contributed by atoms with Gasteiger partial charge in [0, 0.05) is 20.1 Å². The number of carbonyl (C=O) groups is 2. The number of carbonyl (C=O) groups excluding carboxylic acids is 2. The van der Waals surface area contributed by atoms with Gasteiger partial charge < -0.3 is 24.0 Å². The summed E-state index contributed by atoms with van der Waals surface area (Å²) in [5.41, 5.74) is -0.535. The van der Waals surface area contributed by atoms with Gasteiger partial charge in [-0.3, -0.25) is 4.79 Å². The molecule has 0 saturated carbocycles. The van der Waals surface area contributed by atoms with E-state index in [0.717, 1.165) is 12.8 Å². The molecule has 2 heterocycles. The molecule has 7 heteroatoms. The third kappa shape index (κ3) is 4.64.